The molecule has 36 heavy (non-hydrogen) atoms. The SMILES string of the molecule is C#CCN1CC(=O)N2C(CCC)C(=O)N(C(C)c3ccccc3)CC2N1C(=O)NCc1ccccc1. The number of urea groups is 1. The Morgan fingerprint density at radius 1 is 1.11 bits per heavy atom. The summed E-state index contributed by atoms with van der Waals surface area (Å²) >= 11 is 0. The Labute approximate surface area is 212 Å². The summed E-state index contributed by atoms with van der Waals surface area (Å²) in [6, 6.07) is 18.2. The molecular weight excluding hydrogens is 454 g/mol. The lowest BCUT2D eigenvalue weighted by atomic mass is 9.98. The zero-order valence-electron chi connectivity index (χ0n) is 20.8. The van der Waals surface area contributed by atoms with Gasteiger partial charge in [0.25, 0.3) is 0 Å². The molecule has 0 aromatic heterocycles. The van der Waals surface area contributed by atoms with Crippen molar-refractivity contribution in [1.29, 1.82) is 0 Å². The molecule has 0 radical (unpaired) electrons. The fourth-order valence-corrected chi connectivity index (χ4v) is 5.06. The summed E-state index contributed by atoms with van der Waals surface area (Å²) in [5.74, 6) is 2.29. The standard InChI is InChI=1S/C28H33N5O3/c1-4-12-24-27(35)31(21(3)23-15-10-7-11-16-23)19-25-32(24)26(34)20-30(17-5-2)33(25)28(36)29-18-22-13-8-6-9-14-22/h2,6-11,13-16,21,24-25H,4,12,17-20H2,1,3H3,(H,29,36). The minimum Gasteiger partial charge on any atom is -0.333 e. The number of nitrogens with zero attached hydrogens (tertiary/aromatic N) is 4. The Hall–Kier alpha value is -3.83. The van der Waals surface area contributed by atoms with E-state index in [2.05, 4.69) is 11.2 Å². The average Bonchev–Trinajstić information content (AvgIpc) is 2.89. The zero-order valence-corrected chi connectivity index (χ0v) is 20.8. The molecule has 2 aromatic carbocycles. The summed E-state index contributed by atoms with van der Waals surface area (Å²) < 4.78 is 0. The molecule has 8 heteroatoms. The van der Waals surface area contributed by atoms with E-state index in [0.29, 0.717) is 13.0 Å². The van der Waals surface area contributed by atoms with Gasteiger partial charge < -0.3 is 15.1 Å². The lowest BCUT2D eigenvalue weighted by Crippen LogP contribution is -2.76. The molecule has 2 fully saturated rings. The largest absolute Gasteiger partial charge is 0.334 e. The van der Waals surface area contributed by atoms with E-state index in [1.54, 1.807) is 19.8 Å². The number of nitrogens with one attached hydrogen (secondary N) is 1. The molecule has 8 nitrogen and oxygen atoms in total. The molecule has 0 spiro atoms. The molecule has 4 amide bonds. The molecular formula is C28H33N5O3. The van der Waals surface area contributed by atoms with Crippen LogP contribution in [0.25, 0.3) is 0 Å². The van der Waals surface area contributed by atoms with Crippen LogP contribution in [0.3, 0.4) is 0 Å². The lowest BCUT2D eigenvalue weighted by molar-refractivity contribution is -0.191. The van der Waals surface area contributed by atoms with E-state index in [9.17, 15) is 14.4 Å². The van der Waals surface area contributed by atoms with Gasteiger partial charge in [-0.15, -0.1) is 6.42 Å². The minimum absolute atomic E-state index is 0.0544. The second-order valence-electron chi connectivity index (χ2n) is 9.18. The number of terminal acetylenes is 1. The van der Waals surface area contributed by atoms with Crippen LogP contribution in [0.15, 0.2) is 60.7 Å². The molecule has 3 atom stereocenters. The quantitative estimate of drug-likeness (QED) is 0.610. The molecule has 2 saturated heterocycles. The Kier molecular flexibility index (Phi) is 7.91. The van der Waals surface area contributed by atoms with Crippen LogP contribution >= 0.6 is 0 Å². The first-order valence-corrected chi connectivity index (χ1v) is 12.4. The summed E-state index contributed by atoms with van der Waals surface area (Å²) in [5, 5.41) is 6.12. The highest BCUT2D eigenvalue weighted by molar-refractivity contribution is 5.91. The van der Waals surface area contributed by atoms with Crippen LogP contribution in [-0.4, -0.2) is 69.5 Å². The van der Waals surface area contributed by atoms with Gasteiger partial charge >= 0.3 is 6.03 Å². The van der Waals surface area contributed by atoms with Crippen LogP contribution in [0, 0.1) is 12.3 Å². The molecule has 2 aliphatic rings. The first kappa shape index (κ1) is 25.3. The van der Waals surface area contributed by atoms with Crippen molar-refractivity contribution in [1.82, 2.24) is 25.1 Å². The van der Waals surface area contributed by atoms with Crippen molar-refractivity contribution in [2.75, 3.05) is 19.6 Å². The van der Waals surface area contributed by atoms with E-state index in [-0.39, 0.29) is 43.5 Å². The average molecular weight is 488 g/mol. The molecule has 0 saturated carbocycles. The van der Waals surface area contributed by atoms with Crippen molar-refractivity contribution in [2.24, 2.45) is 0 Å². The molecule has 0 bridgehead atoms. The molecule has 2 aromatic rings. The fourth-order valence-electron chi connectivity index (χ4n) is 5.06. The van der Waals surface area contributed by atoms with Crippen LogP contribution in [0.4, 0.5) is 4.79 Å². The second-order valence-corrected chi connectivity index (χ2v) is 9.18. The first-order valence-electron chi connectivity index (χ1n) is 12.4. The topological polar surface area (TPSA) is 76.2 Å². The highest BCUT2D eigenvalue weighted by atomic mass is 16.2. The van der Waals surface area contributed by atoms with E-state index in [1.807, 2.05) is 74.5 Å². The summed E-state index contributed by atoms with van der Waals surface area (Å²) in [6.45, 7) is 4.56. The molecule has 4 rings (SSSR count). The Bertz CT molecular complexity index is 1120. The number of carbonyl (C=O) groups is 3. The second kappa shape index (κ2) is 11.3. The van der Waals surface area contributed by atoms with Crippen LogP contribution in [-0.2, 0) is 16.1 Å². The van der Waals surface area contributed by atoms with Gasteiger partial charge in [0.1, 0.15) is 12.2 Å². The van der Waals surface area contributed by atoms with Crippen molar-refractivity contribution in [2.45, 2.75) is 51.5 Å². The summed E-state index contributed by atoms with van der Waals surface area (Å²) in [4.78, 5) is 44.0. The van der Waals surface area contributed by atoms with Crippen molar-refractivity contribution in [3.8, 4) is 12.3 Å². The Balaban J connectivity index is 1.67. The normalized spacial score (nSPS) is 21.1. The van der Waals surface area contributed by atoms with E-state index < -0.39 is 12.2 Å². The van der Waals surface area contributed by atoms with Gasteiger partial charge in [0, 0.05) is 6.54 Å². The lowest BCUT2D eigenvalue weighted by Gasteiger charge is -2.55. The van der Waals surface area contributed by atoms with E-state index in [4.69, 9.17) is 6.42 Å². The number of piperazine rings is 1. The van der Waals surface area contributed by atoms with Gasteiger partial charge in [-0.25, -0.2) is 9.80 Å². The third-order valence-electron chi connectivity index (χ3n) is 6.86. The number of hydrogen-bond donors (Lipinski definition) is 1. The monoisotopic (exact) mass is 487 g/mol. The van der Waals surface area contributed by atoms with Crippen molar-refractivity contribution in [3.63, 3.8) is 0 Å². The maximum atomic E-state index is 13.7. The van der Waals surface area contributed by atoms with Crippen LogP contribution < -0.4 is 5.32 Å². The molecule has 188 valence electrons. The number of hydrazine groups is 1. The van der Waals surface area contributed by atoms with Crippen LogP contribution in [0.1, 0.15) is 43.9 Å². The van der Waals surface area contributed by atoms with E-state index in [1.165, 1.54) is 0 Å². The van der Waals surface area contributed by atoms with Crippen molar-refractivity contribution in [3.05, 3.63) is 71.8 Å². The molecule has 0 aliphatic carbocycles. The number of hydrogen-bond acceptors (Lipinski definition) is 4. The summed E-state index contributed by atoms with van der Waals surface area (Å²) in [7, 11) is 0. The van der Waals surface area contributed by atoms with Crippen LogP contribution in [0.5, 0.6) is 0 Å². The van der Waals surface area contributed by atoms with Gasteiger partial charge in [-0.3, -0.25) is 9.59 Å². The molecule has 3 unspecified atom stereocenters. The smallest absolute Gasteiger partial charge is 0.333 e. The minimum atomic E-state index is -0.657. The number of fused-ring (bicyclic) bond motifs is 1. The molecule has 2 aliphatic heterocycles. The Morgan fingerprint density at radius 2 is 1.78 bits per heavy atom. The zero-order chi connectivity index (χ0) is 25.7. The van der Waals surface area contributed by atoms with E-state index >= 15 is 0 Å². The predicted octanol–water partition coefficient (Wildman–Crippen LogP) is 2.99. The van der Waals surface area contributed by atoms with Gasteiger partial charge in [-0.1, -0.05) is 79.9 Å². The van der Waals surface area contributed by atoms with Crippen LogP contribution in [0.2, 0.25) is 0 Å². The highest BCUT2D eigenvalue weighted by Crippen LogP contribution is 2.32. The number of carbonyl (C=O) groups excluding carboxylic acids is 3. The van der Waals surface area contributed by atoms with Gasteiger partial charge in [0.15, 0.2) is 0 Å². The fraction of sp³-hybridized carbons (Fsp3) is 0.393. The predicted molar refractivity (Wildman–Crippen MR) is 137 cm³/mol. The third kappa shape index (κ3) is 5.07. The van der Waals surface area contributed by atoms with Gasteiger partial charge in [-0.05, 0) is 24.5 Å². The third-order valence-corrected chi connectivity index (χ3v) is 6.86. The van der Waals surface area contributed by atoms with Gasteiger partial charge in [0.05, 0.1) is 25.7 Å². The maximum absolute atomic E-state index is 13.7. The first-order chi connectivity index (χ1) is 17.5. The van der Waals surface area contributed by atoms with E-state index in [0.717, 1.165) is 17.5 Å². The van der Waals surface area contributed by atoms with Gasteiger partial charge in [0.2, 0.25) is 11.8 Å². The summed E-state index contributed by atoms with van der Waals surface area (Å²) in [6.07, 6.45) is 6.21. The summed E-state index contributed by atoms with van der Waals surface area (Å²) in [5.41, 5.74) is 1.96. The molecule has 2 heterocycles. The molecule has 1 N–H and O–H groups in total. The van der Waals surface area contributed by atoms with Crippen molar-refractivity contribution < 1.29 is 14.4 Å². The highest BCUT2D eigenvalue weighted by Gasteiger charge is 2.51. The number of rotatable bonds is 7. The Morgan fingerprint density at radius 3 is 2.42 bits per heavy atom. The van der Waals surface area contributed by atoms with Gasteiger partial charge in [-0.2, -0.15) is 5.01 Å². The maximum Gasteiger partial charge on any atom is 0.334 e. The number of amides is 4. The van der Waals surface area contributed by atoms with Crippen molar-refractivity contribution >= 4 is 17.8 Å². The number of benzene rings is 2.